The second-order valence-electron chi connectivity index (χ2n) is 8.67. The number of nitrogens with one attached hydrogen (secondary N) is 3. The van der Waals surface area contributed by atoms with Crippen LogP contribution in [0.3, 0.4) is 0 Å². The van der Waals surface area contributed by atoms with Gasteiger partial charge in [-0.3, -0.25) is 14.4 Å². The monoisotopic (exact) mass is 505 g/mol. The summed E-state index contributed by atoms with van der Waals surface area (Å²) in [5, 5.41) is 25.6. The molecule has 0 spiro atoms. The molecule has 3 rings (SSSR count). The van der Waals surface area contributed by atoms with Gasteiger partial charge in [-0.1, -0.05) is 18.2 Å². The minimum atomic E-state index is -1.37. The molecule has 7 N–H and O–H groups in total. The number of aromatic nitrogens is 1. The third-order valence-corrected chi connectivity index (χ3v) is 6.52. The lowest BCUT2D eigenvalue weighted by molar-refractivity contribution is -0.149. The first kappa shape index (κ1) is 26.5. The highest BCUT2D eigenvalue weighted by molar-refractivity contribution is 7.80. The zero-order chi connectivity index (χ0) is 25.7. The summed E-state index contributed by atoms with van der Waals surface area (Å²) in [5.74, 6) is -3.08. The van der Waals surface area contributed by atoms with E-state index in [1.165, 1.54) is 11.8 Å². The maximum Gasteiger partial charge on any atom is 0.326 e. The average molecular weight is 506 g/mol. The zero-order valence-electron chi connectivity index (χ0n) is 19.3. The Bertz CT molecular complexity index is 1090. The van der Waals surface area contributed by atoms with Crippen molar-refractivity contribution < 1.29 is 29.4 Å². The molecule has 11 nitrogen and oxygen atoms in total. The van der Waals surface area contributed by atoms with E-state index < -0.39 is 54.0 Å². The number of nitrogens with zero attached hydrogens (tertiary/aromatic N) is 1. The van der Waals surface area contributed by atoms with Gasteiger partial charge < -0.3 is 36.5 Å². The number of hydrogen-bond donors (Lipinski definition) is 7. The van der Waals surface area contributed by atoms with E-state index >= 15 is 0 Å². The van der Waals surface area contributed by atoms with Gasteiger partial charge in [0, 0.05) is 35.8 Å². The van der Waals surface area contributed by atoms with Crippen molar-refractivity contribution in [2.24, 2.45) is 5.73 Å². The molecular weight excluding hydrogens is 474 g/mol. The van der Waals surface area contributed by atoms with Gasteiger partial charge in [-0.15, -0.1) is 0 Å². The number of carbonyl (C=O) groups excluding carboxylic acids is 3. The molecule has 2 heterocycles. The van der Waals surface area contributed by atoms with Gasteiger partial charge in [0.1, 0.15) is 18.1 Å². The predicted molar refractivity (Wildman–Crippen MR) is 132 cm³/mol. The standard InChI is InChI=1S/C23H31N5O6S/c1-12(29)19(27-20(30)15(24)11-35)21(31)26-17(22(32)28-8-4-7-18(28)23(33)34)9-13-10-25-16-6-3-2-5-14(13)16/h2-3,5-6,10,12,15,17-19,25,29,35H,4,7-9,11,24H2,1H3,(H,26,31)(H,27,30)(H,33,34). The largest absolute Gasteiger partial charge is 0.480 e. The number of para-hydroxylation sites is 1. The molecule has 190 valence electrons. The number of benzene rings is 1. The molecule has 35 heavy (non-hydrogen) atoms. The van der Waals surface area contributed by atoms with Crippen LogP contribution in [0.1, 0.15) is 25.3 Å². The number of thiol groups is 1. The second kappa shape index (κ2) is 11.6. The van der Waals surface area contributed by atoms with Crippen LogP contribution < -0.4 is 16.4 Å². The number of nitrogens with two attached hydrogens (primary N) is 1. The van der Waals surface area contributed by atoms with E-state index in [0.29, 0.717) is 12.8 Å². The molecule has 0 aliphatic carbocycles. The minimum absolute atomic E-state index is 0.0349. The summed E-state index contributed by atoms with van der Waals surface area (Å²) in [5.41, 5.74) is 7.26. The molecule has 1 saturated heterocycles. The smallest absolute Gasteiger partial charge is 0.326 e. The van der Waals surface area contributed by atoms with Crippen LogP contribution in [0, 0.1) is 0 Å². The van der Waals surface area contributed by atoms with Gasteiger partial charge in [0.05, 0.1) is 12.1 Å². The molecule has 0 bridgehead atoms. The summed E-state index contributed by atoms with van der Waals surface area (Å²) in [7, 11) is 0. The van der Waals surface area contributed by atoms with Gasteiger partial charge in [-0.05, 0) is 31.4 Å². The van der Waals surface area contributed by atoms with Gasteiger partial charge in [0.25, 0.3) is 0 Å². The van der Waals surface area contributed by atoms with Gasteiger partial charge in [0.2, 0.25) is 17.7 Å². The molecule has 5 atom stereocenters. The van der Waals surface area contributed by atoms with Crippen molar-refractivity contribution in [2.75, 3.05) is 12.3 Å². The topological polar surface area (TPSA) is 178 Å². The summed E-state index contributed by atoms with van der Waals surface area (Å²) in [6, 6.07) is 2.98. The summed E-state index contributed by atoms with van der Waals surface area (Å²) in [6.07, 6.45) is 1.38. The lowest BCUT2D eigenvalue weighted by atomic mass is 10.0. The van der Waals surface area contributed by atoms with Crippen LogP contribution in [-0.4, -0.2) is 86.4 Å². The molecule has 12 heteroatoms. The highest BCUT2D eigenvalue weighted by atomic mass is 32.1. The fourth-order valence-corrected chi connectivity index (χ4v) is 4.38. The SMILES string of the molecule is CC(O)C(NC(=O)C(N)CS)C(=O)NC(Cc1c[nH]c2ccccc12)C(=O)N1CCCC1C(=O)O. The van der Waals surface area contributed by atoms with Crippen LogP contribution in [0.2, 0.25) is 0 Å². The van der Waals surface area contributed by atoms with Crippen LogP contribution in [0.4, 0.5) is 0 Å². The van der Waals surface area contributed by atoms with Crippen molar-refractivity contribution in [3.05, 3.63) is 36.0 Å². The van der Waals surface area contributed by atoms with Crippen LogP contribution in [-0.2, 0) is 25.6 Å². The highest BCUT2D eigenvalue weighted by Gasteiger charge is 2.39. The number of aliphatic carboxylic acids is 1. The van der Waals surface area contributed by atoms with E-state index in [1.54, 1.807) is 6.20 Å². The number of aliphatic hydroxyl groups is 1. The maximum atomic E-state index is 13.5. The first-order valence-corrected chi connectivity index (χ1v) is 12.0. The number of hydrogen-bond acceptors (Lipinski definition) is 7. The fourth-order valence-electron chi connectivity index (χ4n) is 4.22. The number of aromatic amines is 1. The molecule has 0 radical (unpaired) electrons. The number of carbonyl (C=O) groups is 4. The second-order valence-corrected chi connectivity index (χ2v) is 9.03. The number of carboxylic acids is 1. The first-order valence-electron chi connectivity index (χ1n) is 11.4. The lowest BCUT2D eigenvalue weighted by Crippen LogP contribution is -2.60. The number of fused-ring (bicyclic) bond motifs is 1. The Morgan fingerprint density at radius 1 is 1.23 bits per heavy atom. The number of rotatable bonds is 10. The van der Waals surface area contributed by atoms with Gasteiger partial charge in [-0.2, -0.15) is 12.6 Å². The van der Waals surface area contributed by atoms with E-state index in [9.17, 15) is 29.4 Å². The zero-order valence-corrected chi connectivity index (χ0v) is 20.2. The molecule has 1 aromatic heterocycles. The van der Waals surface area contributed by atoms with E-state index in [1.807, 2.05) is 24.3 Å². The summed E-state index contributed by atoms with van der Waals surface area (Å²) < 4.78 is 0. The molecule has 2 aromatic rings. The Morgan fingerprint density at radius 3 is 2.60 bits per heavy atom. The molecule has 3 amide bonds. The van der Waals surface area contributed by atoms with Crippen molar-refractivity contribution in [2.45, 2.75) is 56.5 Å². The molecule has 1 aliphatic rings. The van der Waals surface area contributed by atoms with Crippen molar-refractivity contribution in [1.29, 1.82) is 0 Å². The maximum absolute atomic E-state index is 13.5. The Hall–Kier alpha value is -3.09. The van der Waals surface area contributed by atoms with Crippen molar-refractivity contribution >= 4 is 47.2 Å². The predicted octanol–water partition coefficient (Wildman–Crippen LogP) is -0.606. The summed E-state index contributed by atoms with van der Waals surface area (Å²) >= 11 is 3.97. The minimum Gasteiger partial charge on any atom is -0.480 e. The Balaban J connectivity index is 1.88. The van der Waals surface area contributed by atoms with Crippen LogP contribution in [0.15, 0.2) is 30.5 Å². The number of carboxylic acid groups (broad SMARTS) is 1. The van der Waals surface area contributed by atoms with Crippen molar-refractivity contribution in [3.8, 4) is 0 Å². The third kappa shape index (κ3) is 6.13. The molecule has 1 aromatic carbocycles. The average Bonchev–Trinajstić information content (AvgIpc) is 3.48. The van der Waals surface area contributed by atoms with Crippen molar-refractivity contribution in [1.82, 2.24) is 20.5 Å². The molecule has 0 saturated carbocycles. The Kier molecular flexibility index (Phi) is 8.76. The van der Waals surface area contributed by atoms with E-state index in [2.05, 4.69) is 28.2 Å². The molecular formula is C23H31N5O6S. The number of H-pyrrole nitrogens is 1. The summed E-state index contributed by atoms with van der Waals surface area (Å²) in [4.78, 5) is 54.9. The van der Waals surface area contributed by atoms with Crippen LogP contribution in [0.25, 0.3) is 10.9 Å². The summed E-state index contributed by atoms with van der Waals surface area (Å²) in [6.45, 7) is 1.58. The van der Waals surface area contributed by atoms with Crippen LogP contribution in [0.5, 0.6) is 0 Å². The fraction of sp³-hybridized carbons (Fsp3) is 0.478. The van der Waals surface area contributed by atoms with Gasteiger partial charge >= 0.3 is 5.97 Å². The molecule has 1 fully saturated rings. The highest BCUT2D eigenvalue weighted by Crippen LogP contribution is 2.23. The first-order chi connectivity index (χ1) is 16.6. The third-order valence-electron chi connectivity index (χ3n) is 6.13. The van der Waals surface area contributed by atoms with Crippen LogP contribution >= 0.6 is 12.6 Å². The number of amides is 3. The Labute approximate surface area is 207 Å². The quantitative estimate of drug-likeness (QED) is 0.211. The molecule has 5 unspecified atom stereocenters. The lowest BCUT2D eigenvalue weighted by Gasteiger charge is -2.29. The van der Waals surface area contributed by atoms with E-state index in [-0.39, 0.29) is 18.7 Å². The number of likely N-dealkylation sites (tertiary alicyclic amines) is 1. The van der Waals surface area contributed by atoms with Gasteiger partial charge in [0.15, 0.2) is 0 Å². The van der Waals surface area contributed by atoms with E-state index in [4.69, 9.17) is 5.73 Å². The number of aliphatic hydroxyl groups excluding tert-OH is 1. The molecule has 1 aliphatic heterocycles. The normalized spacial score (nSPS) is 19.1. The Morgan fingerprint density at radius 2 is 1.94 bits per heavy atom. The van der Waals surface area contributed by atoms with Gasteiger partial charge in [-0.25, -0.2) is 4.79 Å². The van der Waals surface area contributed by atoms with E-state index in [0.717, 1.165) is 16.5 Å². The van der Waals surface area contributed by atoms with Crippen molar-refractivity contribution in [3.63, 3.8) is 0 Å².